The molecule has 0 radical (unpaired) electrons. The zero-order valence-electron chi connectivity index (χ0n) is 16.7. The maximum atomic E-state index is 12.1. The van der Waals surface area contributed by atoms with E-state index in [1.54, 1.807) is 13.8 Å². The number of nitrogens with one attached hydrogen (secondary N) is 2. The highest BCUT2D eigenvalue weighted by atomic mass is 16.2. The molecule has 1 amide bonds. The molecule has 0 bridgehead atoms. The average Bonchev–Trinajstić information content (AvgIpc) is 3.20. The molecule has 0 saturated carbocycles. The van der Waals surface area contributed by atoms with Crippen LogP contribution in [0.1, 0.15) is 29.9 Å². The fourth-order valence-corrected chi connectivity index (χ4v) is 3.14. The van der Waals surface area contributed by atoms with Crippen molar-refractivity contribution in [2.24, 2.45) is 0 Å². The quantitative estimate of drug-likeness (QED) is 0.679. The van der Waals surface area contributed by atoms with Crippen LogP contribution in [0.5, 0.6) is 0 Å². The molecule has 9 nitrogen and oxygen atoms in total. The van der Waals surface area contributed by atoms with E-state index in [1.165, 1.54) is 23.7 Å². The van der Waals surface area contributed by atoms with Gasteiger partial charge in [-0.1, -0.05) is 0 Å². The van der Waals surface area contributed by atoms with Crippen LogP contribution in [0.3, 0.4) is 0 Å². The van der Waals surface area contributed by atoms with Gasteiger partial charge >= 0.3 is 0 Å². The topological polar surface area (TPSA) is 105 Å². The van der Waals surface area contributed by atoms with Crippen molar-refractivity contribution in [3.05, 3.63) is 39.8 Å². The number of carbonyl (C=O) groups is 1. The Kier molecular flexibility index (Phi) is 6.23. The first-order valence-electron chi connectivity index (χ1n) is 9.58. The highest BCUT2D eigenvalue weighted by Crippen LogP contribution is 2.20. The van der Waals surface area contributed by atoms with Crippen LogP contribution in [-0.2, 0) is 11.3 Å². The Bertz CT molecular complexity index is 904. The Hall–Kier alpha value is -2.97. The molecule has 1 fully saturated rings. The number of aryl methyl sites for hydroxylation is 2. The molecule has 1 saturated heterocycles. The molecule has 1 aliphatic rings. The molecule has 2 aromatic rings. The molecule has 2 N–H and O–H groups in total. The molecule has 9 heteroatoms. The molecule has 0 spiro atoms. The van der Waals surface area contributed by atoms with E-state index in [9.17, 15) is 9.59 Å². The van der Waals surface area contributed by atoms with Gasteiger partial charge in [0, 0.05) is 43.5 Å². The Morgan fingerprint density at radius 1 is 1.14 bits per heavy atom. The number of hydrogen-bond acceptors (Lipinski definition) is 7. The molecule has 28 heavy (non-hydrogen) atoms. The molecule has 150 valence electrons. The van der Waals surface area contributed by atoms with Gasteiger partial charge in [-0.25, -0.2) is 15.0 Å². The second kappa shape index (κ2) is 8.81. The van der Waals surface area contributed by atoms with E-state index >= 15 is 0 Å². The minimum absolute atomic E-state index is 0.0430. The van der Waals surface area contributed by atoms with Crippen molar-refractivity contribution < 1.29 is 4.79 Å². The van der Waals surface area contributed by atoms with E-state index in [1.807, 2.05) is 13.0 Å². The van der Waals surface area contributed by atoms with Crippen LogP contribution >= 0.6 is 0 Å². The Morgan fingerprint density at radius 3 is 2.64 bits per heavy atom. The fourth-order valence-electron chi connectivity index (χ4n) is 3.14. The molecular weight excluding hydrogens is 358 g/mol. The molecular formula is C19H27N7O2. The molecule has 0 aliphatic carbocycles. The van der Waals surface area contributed by atoms with E-state index < -0.39 is 0 Å². The summed E-state index contributed by atoms with van der Waals surface area (Å²) in [6.07, 6.45) is 3.79. The SMILES string of the molecule is Cc1nc(NCCNC(=O)Cn2cnc(C)c(C)c2=O)cc(N2CCCC2)n1. The maximum Gasteiger partial charge on any atom is 0.256 e. The highest BCUT2D eigenvalue weighted by Gasteiger charge is 2.15. The Balaban J connectivity index is 1.48. The van der Waals surface area contributed by atoms with Gasteiger partial charge < -0.3 is 15.5 Å². The maximum absolute atomic E-state index is 12.1. The van der Waals surface area contributed by atoms with Gasteiger partial charge in [0.1, 0.15) is 24.0 Å². The fraction of sp³-hybridized carbons (Fsp3) is 0.526. The van der Waals surface area contributed by atoms with E-state index in [0.29, 0.717) is 24.3 Å². The molecule has 2 aromatic heterocycles. The van der Waals surface area contributed by atoms with Gasteiger partial charge in [-0.2, -0.15) is 0 Å². The van der Waals surface area contributed by atoms with Gasteiger partial charge in [0.15, 0.2) is 0 Å². The van der Waals surface area contributed by atoms with Gasteiger partial charge in [0.05, 0.1) is 6.33 Å². The number of nitrogens with zero attached hydrogens (tertiary/aromatic N) is 5. The van der Waals surface area contributed by atoms with Gasteiger partial charge in [0.2, 0.25) is 5.91 Å². The minimum Gasteiger partial charge on any atom is -0.368 e. The van der Waals surface area contributed by atoms with Gasteiger partial charge in [-0.05, 0) is 33.6 Å². The summed E-state index contributed by atoms with van der Waals surface area (Å²) in [4.78, 5) is 39.5. The molecule has 3 heterocycles. The van der Waals surface area contributed by atoms with Gasteiger partial charge in [-0.3, -0.25) is 14.2 Å². The number of carbonyl (C=O) groups excluding carboxylic acids is 1. The number of hydrogen-bond donors (Lipinski definition) is 2. The lowest BCUT2D eigenvalue weighted by Crippen LogP contribution is -2.35. The molecule has 0 aromatic carbocycles. The number of anilines is 2. The summed E-state index contributed by atoms with van der Waals surface area (Å²) >= 11 is 0. The third-order valence-corrected chi connectivity index (χ3v) is 4.84. The third kappa shape index (κ3) is 4.85. The number of rotatable bonds is 7. The minimum atomic E-state index is -0.231. The van der Waals surface area contributed by atoms with Gasteiger partial charge in [0.25, 0.3) is 5.56 Å². The van der Waals surface area contributed by atoms with Crippen LogP contribution in [0.25, 0.3) is 0 Å². The predicted octanol–water partition coefficient (Wildman–Crippen LogP) is 0.787. The third-order valence-electron chi connectivity index (χ3n) is 4.84. The second-order valence-corrected chi connectivity index (χ2v) is 7.02. The lowest BCUT2D eigenvalue weighted by atomic mass is 10.3. The molecule has 1 aliphatic heterocycles. The van der Waals surface area contributed by atoms with E-state index in [0.717, 1.165) is 30.5 Å². The van der Waals surface area contributed by atoms with Crippen LogP contribution in [0.15, 0.2) is 17.2 Å². The lowest BCUT2D eigenvalue weighted by Gasteiger charge is -2.17. The van der Waals surface area contributed by atoms with Crippen LogP contribution in [0, 0.1) is 20.8 Å². The Morgan fingerprint density at radius 2 is 1.89 bits per heavy atom. The van der Waals surface area contributed by atoms with Crippen LogP contribution in [0.2, 0.25) is 0 Å². The summed E-state index contributed by atoms with van der Waals surface area (Å²) in [5.41, 5.74) is 1.05. The first kappa shape index (κ1) is 19.8. The smallest absolute Gasteiger partial charge is 0.256 e. The van der Waals surface area contributed by atoms with Crippen molar-refractivity contribution in [2.75, 3.05) is 36.4 Å². The first-order chi connectivity index (χ1) is 13.4. The standard InChI is InChI=1S/C19H27N7O2/c1-13-14(2)22-12-26(19(13)28)11-18(27)21-7-6-20-16-10-17(24-15(3)23-16)25-8-4-5-9-25/h10,12H,4-9,11H2,1-3H3,(H,21,27)(H,20,23,24). The van der Waals surface area contributed by atoms with E-state index in [-0.39, 0.29) is 18.0 Å². The number of aromatic nitrogens is 4. The average molecular weight is 385 g/mol. The van der Waals surface area contributed by atoms with Crippen molar-refractivity contribution in [2.45, 2.75) is 40.2 Å². The summed E-state index contributed by atoms with van der Waals surface area (Å²) in [7, 11) is 0. The predicted molar refractivity (Wildman–Crippen MR) is 108 cm³/mol. The van der Waals surface area contributed by atoms with Crippen LogP contribution in [-0.4, -0.2) is 51.6 Å². The zero-order chi connectivity index (χ0) is 20.1. The van der Waals surface area contributed by atoms with Crippen molar-refractivity contribution in [3.8, 4) is 0 Å². The summed E-state index contributed by atoms with van der Waals surface area (Å²) in [6.45, 7) is 8.33. The van der Waals surface area contributed by atoms with Gasteiger partial charge in [-0.15, -0.1) is 0 Å². The summed E-state index contributed by atoms with van der Waals surface area (Å²) in [5, 5.41) is 6.03. The van der Waals surface area contributed by atoms with Crippen molar-refractivity contribution in [3.63, 3.8) is 0 Å². The zero-order valence-corrected chi connectivity index (χ0v) is 16.7. The summed E-state index contributed by atoms with van der Waals surface area (Å²) in [6, 6.07) is 1.94. The molecule has 3 rings (SSSR count). The summed E-state index contributed by atoms with van der Waals surface area (Å²) < 4.78 is 1.32. The normalized spacial score (nSPS) is 13.6. The summed E-state index contributed by atoms with van der Waals surface area (Å²) in [5.74, 6) is 2.18. The van der Waals surface area contributed by atoms with Crippen molar-refractivity contribution in [1.82, 2.24) is 24.8 Å². The molecule has 0 atom stereocenters. The number of amides is 1. The largest absolute Gasteiger partial charge is 0.368 e. The van der Waals surface area contributed by atoms with Crippen LogP contribution < -0.4 is 21.1 Å². The lowest BCUT2D eigenvalue weighted by molar-refractivity contribution is -0.121. The first-order valence-corrected chi connectivity index (χ1v) is 9.58. The Labute approximate surface area is 164 Å². The monoisotopic (exact) mass is 385 g/mol. The second-order valence-electron chi connectivity index (χ2n) is 7.02. The van der Waals surface area contributed by atoms with Crippen molar-refractivity contribution >= 4 is 17.5 Å². The van der Waals surface area contributed by atoms with E-state index in [2.05, 4.69) is 30.5 Å². The molecule has 0 unspecified atom stereocenters. The van der Waals surface area contributed by atoms with Crippen LogP contribution in [0.4, 0.5) is 11.6 Å². The highest BCUT2D eigenvalue weighted by molar-refractivity contribution is 5.75. The van der Waals surface area contributed by atoms with Crippen molar-refractivity contribution in [1.29, 1.82) is 0 Å². The van der Waals surface area contributed by atoms with E-state index in [4.69, 9.17) is 0 Å².